The van der Waals surface area contributed by atoms with Gasteiger partial charge in [0, 0.05) is 52.5 Å². The van der Waals surface area contributed by atoms with Crippen molar-refractivity contribution in [2.24, 2.45) is 0 Å². The first-order chi connectivity index (χ1) is 16.1. The van der Waals surface area contributed by atoms with Crippen LogP contribution in [-0.4, -0.2) is 62.7 Å². The SMILES string of the molecule is CN(C)c1ccc(CN2CCN(c3ccc(NC(=O)COc4ccccc4)cn3)CC2)cc1. The minimum atomic E-state index is -0.208. The molecule has 2 aromatic carbocycles. The first-order valence-corrected chi connectivity index (χ1v) is 11.2. The van der Waals surface area contributed by atoms with Gasteiger partial charge in [-0.2, -0.15) is 0 Å². The molecule has 33 heavy (non-hydrogen) atoms. The van der Waals surface area contributed by atoms with Crippen molar-refractivity contribution in [2.45, 2.75) is 6.54 Å². The van der Waals surface area contributed by atoms with E-state index in [1.165, 1.54) is 11.3 Å². The summed E-state index contributed by atoms with van der Waals surface area (Å²) in [4.78, 5) is 23.6. The summed E-state index contributed by atoms with van der Waals surface area (Å²) in [7, 11) is 4.12. The van der Waals surface area contributed by atoms with Gasteiger partial charge in [0.05, 0.1) is 11.9 Å². The first kappa shape index (κ1) is 22.6. The van der Waals surface area contributed by atoms with Crippen LogP contribution in [0.25, 0.3) is 0 Å². The van der Waals surface area contributed by atoms with E-state index in [0.29, 0.717) is 11.4 Å². The fraction of sp³-hybridized carbons (Fsp3) is 0.308. The molecule has 7 nitrogen and oxygen atoms in total. The number of carbonyl (C=O) groups excluding carboxylic acids is 1. The molecule has 4 rings (SSSR count). The Morgan fingerprint density at radius 1 is 0.970 bits per heavy atom. The maximum Gasteiger partial charge on any atom is 0.262 e. The predicted molar refractivity (Wildman–Crippen MR) is 133 cm³/mol. The zero-order valence-electron chi connectivity index (χ0n) is 19.3. The van der Waals surface area contributed by atoms with E-state index in [9.17, 15) is 4.79 Å². The number of nitrogens with zero attached hydrogens (tertiary/aromatic N) is 4. The number of benzene rings is 2. The number of pyridine rings is 1. The molecule has 172 valence electrons. The quantitative estimate of drug-likeness (QED) is 0.573. The first-order valence-electron chi connectivity index (χ1n) is 11.2. The molecule has 3 aromatic rings. The molecule has 0 aliphatic carbocycles. The summed E-state index contributed by atoms with van der Waals surface area (Å²) in [6, 6.07) is 21.9. The van der Waals surface area contributed by atoms with Crippen LogP contribution in [0.4, 0.5) is 17.2 Å². The Kier molecular flexibility index (Phi) is 7.42. The molecule has 2 heterocycles. The standard InChI is InChI=1S/C26H31N5O2/c1-29(2)23-11-8-21(9-12-23)19-30-14-16-31(17-15-30)25-13-10-22(18-27-25)28-26(32)20-33-24-6-4-3-5-7-24/h3-13,18H,14-17,19-20H2,1-2H3,(H,28,32). The molecule has 1 fully saturated rings. The normalized spacial score (nSPS) is 14.1. The molecule has 1 saturated heterocycles. The van der Waals surface area contributed by atoms with Crippen molar-refractivity contribution in [2.75, 3.05) is 62.0 Å². The maximum absolute atomic E-state index is 12.1. The molecule has 1 aliphatic rings. The molecule has 1 aromatic heterocycles. The lowest BCUT2D eigenvalue weighted by Crippen LogP contribution is -2.46. The summed E-state index contributed by atoms with van der Waals surface area (Å²) in [5.74, 6) is 1.40. The highest BCUT2D eigenvalue weighted by molar-refractivity contribution is 5.91. The van der Waals surface area contributed by atoms with Crippen molar-refractivity contribution in [3.05, 3.63) is 78.5 Å². The van der Waals surface area contributed by atoms with E-state index < -0.39 is 0 Å². The smallest absolute Gasteiger partial charge is 0.262 e. The molecule has 0 atom stereocenters. The third-order valence-corrected chi connectivity index (χ3v) is 5.70. The highest BCUT2D eigenvalue weighted by atomic mass is 16.5. The van der Waals surface area contributed by atoms with Crippen molar-refractivity contribution >= 4 is 23.1 Å². The number of rotatable bonds is 8. The fourth-order valence-corrected chi connectivity index (χ4v) is 3.80. The van der Waals surface area contributed by atoms with Crippen LogP contribution in [0.3, 0.4) is 0 Å². The fourth-order valence-electron chi connectivity index (χ4n) is 3.80. The molecule has 1 amide bonds. The highest BCUT2D eigenvalue weighted by Crippen LogP contribution is 2.18. The van der Waals surface area contributed by atoms with Crippen LogP contribution in [0.2, 0.25) is 0 Å². The van der Waals surface area contributed by atoms with E-state index in [2.05, 4.69) is 63.4 Å². The van der Waals surface area contributed by atoms with Crippen molar-refractivity contribution in [1.82, 2.24) is 9.88 Å². The Morgan fingerprint density at radius 2 is 1.70 bits per heavy atom. The van der Waals surface area contributed by atoms with Crippen LogP contribution in [0.15, 0.2) is 72.9 Å². The topological polar surface area (TPSA) is 60.9 Å². The Hall–Kier alpha value is -3.58. The number of hydrogen-bond acceptors (Lipinski definition) is 6. The summed E-state index contributed by atoms with van der Waals surface area (Å²) in [5, 5.41) is 2.83. The summed E-state index contributed by atoms with van der Waals surface area (Å²) < 4.78 is 5.48. The molecule has 0 radical (unpaired) electrons. The third-order valence-electron chi connectivity index (χ3n) is 5.70. The molecule has 0 unspecified atom stereocenters. The van der Waals surface area contributed by atoms with Crippen LogP contribution >= 0.6 is 0 Å². The van der Waals surface area contributed by atoms with Gasteiger partial charge in [-0.05, 0) is 42.0 Å². The zero-order valence-corrected chi connectivity index (χ0v) is 19.3. The second-order valence-corrected chi connectivity index (χ2v) is 8.38. The Labute approximate surface area is 195 Å². The number of anilines is 3. The molecular weight excluding hydrogens is 414 g/mol. The highest BCUT2D eigenvalue weighted by Gasteiger charge is 2.18. The second kappa shape index (κ2) is 10.8. The molecule has 7 heteroatoms. The van der Waals surface area contributed by atoms with Gasteiger partial charge >= 0.3 is 0 Å². The van der Waals surface area contributed by atoms with E-state index in [4.69, 9.17) is 4.74 Å². The van der Waals surface area contributed by atoms with Crippen LogP contribution in [0, 0.1) is 0 Å². The van der Waals surface area contributed by atoms with Gasteiger partial charge < -0.3 is 19.9 Å². The van der Waals surface area contributed by atoms with Crippen LogP contribution in [0.5, 0.6) is 5.75 Å². The average Bonchev–Trinajstić information content (AvgIpc) is 2.85. The van der Waals surface area contributed by atoms with Gasteiger partial charge in [-0.25, -0.2) is 4.98 Å². The van der Waals surface area contributed by atoms with Gasteiger partial charge in [-0.3, -0.25) is 9.69 Å². The van der Waals surface area contributed by atoms with Crippen LogP contribution in [0.1, 0.15) is 5.56 Å². The summed E-state index contributed by atoms with van der Waals surface area (Å²) in [6.07, 6.45) is 1.70. The number of carbonyl (C=O) groups is 1. The lowest BCUT2D eigenvalue weighted by atomic mass is 10.1. The maximum atomic E-state index is 12.1. The van der Waals surface area contributed by atoms with Gasteiger partial charge in [0.1, 0.15) is 11.6 Å². The summed E-state index contributed by atoms with van der Waals surface area (Å²) >= 11 is 0. The van der Waals surface area contributed by atoms with Crippen molar-refractivity contribution in [3.63, 3.8) is 0 Å². The van der Waals surface area contributed by atoms with Gasteiger partial charge in [-0.15, -0.1) is 0 Å². The van der Waals surface area contributed by atoms with Crippen LogP contribution in [-0.2, 0) is 11.3 Å². The number of para-hydroxylation sites is 1. The molecule has 0 bridgehead atoms. The molecular formula is C26H31N5O2. The Morgan fingerprint density at radius 3 is 2.33 bits per heavy atom. The van der Waals surface area contributed by atoms with Crippen molar-refractivity contribution in [1.29, 1.82) is 0 Å². The largest absolute Gasteiger partial charge is 0.484 e. The van der Waals surface area contributed by atoms with Crippen molar-refractivity contribution < 1.29 is 9.53 Å². The van der Waals surface area contributed by atoms with Gasteiger partial charge in [0.15, 0.2) is 6.61 Å². The summed E-state index contributed by atoms with van der Waals surface area (Å²) in [6.45, 7) is 4.77. The van der Waals surface area contributed by atoms with Gasteiger partial charge in [0.25, 0.3) is 5.91 Å². The lowest BCUT2D eigenvalue weighted by molar-refractivity contribution is -0.118. The minimum Gasteiger partial charge on any atom is -0.484 e. The monoisotopic (exact) mass is 445 g/mol. The van der Waals surface area contributed by atoms with E-state index in [1.807, 2.05) is 42.5 Å². The summed E-state index contributed by atoms with van der Waals surface area (Å²) in [5.41, 5.74) is 3.22. The molecule has 0 saturated carbocycles. The van der Waals surface area contributed by atoms with Crippen molar-refractivity contribution in [3.8, 4) is 5.75 Å². The average molecular weight is 446 g/mol. The van der Waals surface area contributed by atoms with E-state index >= 15 is 0 Å². The van der Waals surface area contributed by atoms with E-state index in [0.717, 1.165) is 38.5 Å². The van der Waals surface area contributed by atoms with Gasteiger partial charge in [-0.1, -0.05) is 30.3 Å². The number of ether oxygens (including phenoxy) is 1. The van der Waals surface area contributed by atoms with Crippen LogP contribution < -0.4 is 19.9 Å². The molecule has 1 aliphatic heterocycles. The number of amides is 1. The third kappa shape index (κ3) is 6.46. The van der Waals surface area contributed by atoms with E-state index in [-0.39, 0.29) is 12.5 Å². The lowest BCUT2D eigenvalue weighted by Gasteiger charge is -2.35. The number of aromatic nitrogens is 1. The minimum absolute atomic E-state index is 0.0361. The second-order valence-electron chi connectivity index (χ2n) is 8.38. The Bertz CT molecular complexity index is 1010. The zero-order chi connectivity index (χ0) is 23.0. The number of piperazine rings is 1. The van der Waals surface area contributed by atoms with E-state index in [1.54, 1.807) is 6.20 Å². The molecule has 1 N–H and O–H groups in total. The molecule has 0 spiro atoms. The number of hydrogen-bond donors (Lipinski definition) is 1. The van der Waals surface area contributed by atoms with Gasteiger partial charge in [0.2, 0.25) is 0 Å². The predicted octanol–water partition coefficient (Wildman–Crippen LogP) is 3.49. The Balaban J connectivity index is 1.22. The number of nitrogens with one attached hydrogen (secondary N) is 1.